The molecule has 7 nitrogen and oxygen atoms in total. The van der Waals surface area contributed by atoms with Crippen molar-refractivity contribution in [3.8, 4) is 0 Å². The Balaban J connectivity index is 1.51. The summed E-state index contributed by atoms with van der Waals surface area (Å²) in [7, 11) is 0. The van der Waals surface area contributed by atoms with Crippen LogP contribution in [0.3, 0.4) is 0 Å². The molecule has 2 aliphatic rings. The molecule has 2 heterocycles. The molecule has 0 unspecified atom stereocenters. The van der Waals surface area contributed by atoms with Crippen molar-refractivity contribution in [1.82, 2.24) is 15.3 Å². The summed E-state index contributed by atoms with van der Waals surface area (Å²) in [5.41, 5.74) is -1.55. The minimum atomic E-state index is -4.42. The van der Waals surface area contributed by atoms with E-state index in [4.69, 9.17) is 0 Å². The molecule has 4 N–H and O–H groups in total. The van der Waals surface area contributed by atoms with Gasteiger partial charge in [-0.2, -0.15) is 17.6 Å². The van der Waals surface area contributed by atoms with E-state index in [0.29, 0.717) is 18.5 Å². The molecule has 11 heteroatoms. The molecule has 0 amide bonds. The van der Waals surface area contributed by atoms with E-state index < -0.39 is 29.3 Å². The van der Waals surface area contributed by atoms with Crippen LogP contribution in [-0.2, 0) is 12.7 Å². The number of rotatable bonds is 7. The van der Waals surface area contributed by atoms with Gasteiger partial charge in [0.1, 0.15) is 11.9 Å². The van der Waals surface area contributed by atoms with E-state index in [2.05, 4.69) is 20.6 Å². The summed E-state index contributed by atoms with van der Waals surface area (Å²) in [6.45, 7) is 0.865. The van der Waals surface area contributed by atoms with Crippen molar-refractivity contribution in [3.63, 3.8) is 0 Å². The van der Waals surface area contributed by atoms with Gasteiger partial charge in [-0.1, -0.05) is 12.1 Å². The van der Waals surface area contributed by atoms with Gasteiger partial charge in [0.25, 0.3) is 0 Å². The highest BCUT2D eigenvalue weighted by Gasteiger charge is 2.38. The molecule has 1 saturated carbocycles. The van der Waals surface area contributed by atoms with Crippen LogP contribution in [0.5, 0.6) is 0 Å². The number of benzene rings is 1. The number of alkyl halides is 3. The monoisotopic (exact) mass is 455 g/mol. The van der Waals surface area contributed by atoms with Crippen molar-refractivity contribution in [3.05, 3.63) is 47.5 Å². The zero-order chi connectivity index (χ0) is 22.9. The summed E-state index contributed by atoms with van der Waals surface area (Å²) < 4.78 is 53.7. The van der Waals surface area contributed by atoms with Crippen molar-refractivity contribution in [2.24, 2.45) is 0 Å². The van der Waals surface area contributed by atoms with Crippen molar-refractivity contribution >= 4 is 11.6 Å². The summed E-state index contributed by atoms with van der Waals surface area (Å²) in [6, 6.07) is 4.81. The van der Waals surface area contributed by atoms with Crippen molar-refractivity contribution < 1.29 is 27.8 Å². The summed E-state index contributed by atoms with van der Waals surface area (Å²) in [5.74, 6) is -0.770. The Morgan fingerprint density at radius 2 is 1.91 bits per heavy atom. The third kappa shape index (κ3) is 4.94. The standard InChI is InChI=1S/C21H25F4N5O2/c22-17-18(27-11-20(32)7-8-26-9-16(20)31)28-12-29-19(17)30(15-5-6-15)10-13-1-3-14(4-2-13)21(23,24)25/h1-4,12,15-16,26,31-32H,5-11H2,(H,27,28,29)/t16-,20-/m1/s1. The van der Waals surface area contributed by atoms with Crippen LogP contribution in [0.1, 0.15) is 30.4 Å². The van der Waals surface area contributed by atoms with Gasteiger partial charge in [-0.25, -0.2) is 9.97 Å². The lowest BCUT2D eigenvalue weighted by atomic mass is 9.89. The number of halogens is 4. The van der Waals surface area contributed by atoms with Crippen LogP contribution in [0, 0.1) is 5.82 Å². The molecule has 174 valence electrons. The van der Waals surface area contributed by atoms with Gasteiger partial charge in [-0.05, 0) is 43.5 Å². The highest BCUT2D eigenvalue weighted by atomic mass is 19.4. The average Bonchev–Trinajstić information content (AvgIpc) is 3.59. The van der Waals surface area contributed by atoms with Crippen LogP contribution in [0.2, 0.25) is 0 Å². The van der Waals surface area contributed by atoms with E-state index in [1.807, 2.05) is 0 Å². The van der Waals surface area contributed by atoms with Gasteiger partial charge < -0.3 is 25.7 Å². The quantitative estimate of drug-likeness (QED) is 0.476. The number of aliphatic hydroxyl groups excluding tert-OH is 1. The largest absolute Gasteiger partial charge is 0.416 e. The van der Waals surface area contributed by atoms with Crippen LogP contribution in [0.15, 0.2) is 30.6 Å². The average molecular weight is 455 g/mol. The third-order valence-corrected chi connectivity index (χ3v) is 5.92. The Labute approximate surface area is 182 Å². The smallest absolute Gasteiger partial charge is 0.389 e. The number of aromatic nitrogens is 2. The molecule has 2 aromatic rings. The molecule has 1 aliphatic carbocycles. The number of anilines is 2. The summed E-state index contributed by atoms with van der Waals surface area (Å²) in [5, 5.41) is 26.5. The first-order chi connectivity index (χ1) is 15.2. The normalized spacial score (nSPS) is 23.8. The van der Waals surface area contributed by atoms with Crippen LogP contribution in [0.4, 0.5) is 29.2 Å². The van der Waals surface area contributed by atoms with Crippen molar-refractivity contribution in [2.75, 3.05) is 29.9 Å². The van der Waals surface area contributed by atoms with E-state index in [1.54, 1.807) is 4.90 Å². The van der Waals surface area contributed by atoms with Gasteiger partial charge >= 0.3 is 6.18 Å². The number of piperidine rings is 1. The molecule has 0 radical (unpaired) electrons. The SMILES string of the molecule is O[C@@H]1CNCC[C@@]1(O)CNc1ncnc(N(Cc2ccc(C(F)(F)F)cc2)C2CC2)c1F. The van der Waals surface area contributed by atoms with Gasteiger partial charge in [0.2, 0.25) is 5.82 Å². The van der Waals surface area contributed by atoms with Crippen molar-refractivity contribution in [1.29, 1.82) is 0 Å². The fraction of sp³-hybridized carbons (Fsp3) is 0.524. The van der Waals surface area contributed by atoms with Crippen LogP contribution in [0.25, 0.3) is 0 Å². The molecule has 4 rings (SSSR count). The number of hydrogen-bond donors (Lipinski definition) is 4. The summed E-state index contributed by atoms with van der Waals surface area (Å²) >= 11 is 0. The van der Waals surface area contributed by atoms with Gasteiger partial charge in [0.05, 0.1) is 11.7 Å². The van der Waals surface area contributed by atoms with E-state index in [-0.39, 0.29) is 37.3 Å². The minimum Gasteiger partial charge on any atom is -0.389 e. The Kier molecular flexibility index (Phi) is 6.24. The van der Waals surface area contributed by atoms with Gasteiger partial charge in [0.15, 0.2) is 11.6 Å². The van der Waals surface area contributed by atoms with Gasteiger partial charge in [-0.15, -0.1) is 0 Å². The fourth-order valence-corrected chi connectivity index (χ4v) is 3.79. The lowest BCUT2D eigenvalue weighted by Crippen LogP contribution is -2.57. The third-order valence-electron chi connectivity index (χ3n) is 5.92. The van der Waals surface area contributed by atoms with Gasteiger partial charge in [-0.3, -0.25) is 0 Å². The maximum Gasteiger partial charge on any atom is 0.416 e. The predicted molar refractivity (Wildman–Crippen MR) is 110 cm³/mol. The topological polar surface area (TPSA) is 93.5 Å². The number of nitrogens with one attached hydrogen (secondary N) is 2. The second kappa shape index (κ2) is 8.80. The Bertz CT molecular complexity index is 939. The zero-order valence-electron chi connectivity index (χ0n) is 17.2. The molecule has 2 fully saturated rings. The highest BCUT2D eigenvalue weighted by Crippen LogP contribution is 2.35. The van der Waals surface area contributed by atoms with Crippen molar-refractivity contribution in [2.45, 2.75) is 49.7 Å². The van der Waals surface area contributed by atoms with Gasteiger partial charge in [0, 0.05) is 25.7 Å². The first-order valence-corrected chi connectivity index (χ1v) is 10.5. The summed E-state index contributed by atoms with van der Waals surface area (Å²) in [6.07, 6.45) is -2.28. The minimum absolute atomic E-state index is 0.0324. The molecule has 0 bridgehead atoms. The molecular weight excluding hydrogens is 430 g/mol. The van der Waals surface area contributed by atoms with Crippen LogP contribution < -0.4 is 15.5 Å². The molecule has 2 atom stereocenters. The molecule has 1 aromatic carbocycles. The molecular formula is C21H25F4N5O2. The Hall–Kier alpha value is -2.50. The molecule has 32 heavy (non-hydrogen) atoms. The molecule has 1 saturated heterocycles. The molecule has 0 spiro atoms. The zero-order valence-corrected chi connectivity index (χ0v) is 17.2. The van der Waals surface area contributed by atoms with E-state index in [0.717, 1.165) is 25.0 Å². The Morgan fingerprint density at radius 3 is 2.53 bits per heavy atom. The van der Waals surface area contributed by atoms with E-state index in [1.165, 1.54) is 18.5 Å². The van der Waals surface area contributed by atoms with Crippen LogP contribution >= 0.6 is 0 Å². The maximum absolute atomic E-state index is 15.3. The fourth-order valence-electron chi connectivity index (χ4n) is 3.79. The lowest BCUT2D eigenvalue weighted by Gasteiger charge is -2.37. The number of β-amino-alcohol motifs (C(OH)–C–C–N with tert-alkyl or cyclic N) is 1. The highest BCUT2D eigenvalue weighted by molar-refractivity contribution is 5.53. The van der Waals surface area contributed by atoms with Crippen LogP contribution in [-0.4, -0.2) is 57.6 Å². The number of hydrogen-bond acceptors (Lipinski definition) is 7. The second-order valence-corrected chi connectivity index (χ2v) is 8.34. The Morgan fingerprint density at radius 1 is 1.19 bits per heavy atom. The second-order valence-electron chi connectivity index (χ2n) is 8.34. The number of nitrogens with zero attached hydrogens (tertiary/aromatic N) is 3. The molecule has 1 aromatic heterocycles. The lowest BCUT2D eigenvalue weighted by molar-refractivity contribution is -0.137. The first kappa shape index (κ1) is 22.7. The van der Waals surface area contributed by atoms with E-state index in [9.17, 15) is 23.4 Å². The number of aliphatic hydroxyl groups is 2. The predicted octanol–water partition coefficient (Wildman–Crippen LogP) is 2.30. The van der Waals surface area contributed by atoms with E-state index >= 15 is 4.39 Å². The maximum atomic E-state index is 15.3. The molecule has 1 aliphatic heterocycles. The first-order valence-electron chi connectivity index (χ1n) is 10.5. The summed E-state index contributed by atoms with van der Waals surface area (Å²) in [4.78, 5) is 9.73.